The molecule has 0 unspecified atom stereocenters. The lowest BCUT2D eigenvalue weighted by Gasteiger charge is -2.10. The lowest BCUT2D eigenvalue weighted by molar-refractivity contribution is 0.0954. The summed E-state index contributed by atoms with van der Waals surface area (Å²) >= 11 is 11.7. The zero-order valence-electron chi connectivity index (χ0n) is 15.1. The van der Waals surface area contributed by atoms with Gasteiger partial charge < -0.3 is 5.32 Å². The van der Waals surface area contributed by atoms with Gasteiger partial charge in [0.05, 0.1) is 14.9 Å². The SMILES string of the molecule is O=C(NCCc1cccnc1)c1cccc(NS(=O)(=O)c2ccc(Cl)c(Cl)c2)c1. The Morgan fingerprint density at radius 3 is 2.55 bits per heavy atom. The number of amides is 1. The van der Waals surface area contributed by atoms with E-state index < -0.39 is 10.0 Å². The third-order valence-corrected chi connectivity index (χ3v) is 6.12. The minimum Gasteiger partial charge on any atom is -0.352 e. The molecule has 3 rings (SSSR count). The van der Waals surface area contributed by atoms with Gasteiger partial charge in [0, 0.05) is 30.2 Å². The van der Waals surface area contributed by atoms with E-state index in [9.17, 15) is 13.2 Å². The normalized spacial score (nSPS) is 11.1. The first-order valence-electron chi connectivity index (χ1n) is 8.60. The molecule has 0 aliphatic carbocycles. The van der Waals surface area contributed by atoms with E-state index in [0.717, 1.165) is 5.56 Å². The van der Waals surface area contributed by atoms with Crippen molar-refractivity contribution in [3.05, 3.63) is 88.2 Å². The van der Waals surface area contributed by atoms with E-state index in [2.05, 4.69) is 15.0 Å². The Hall–Kier alpha value is -2.61. The third-order valence-electron chi connectivity index (χ3n) is 4.00. The van der Waals surface area contributed by atoms with Crippen molar-refractivity contribution in [2.24, 2.45) is 0 Å². The molecule has 0 saturated carbocycles. The number of anilines is 1. The number of carbonyl (C=O) groups excluding carboxylic acids is 1. The summed E-state index contributed by atoms with van der Waals surface area (Å²) in [5.41, 5.74) is 1.61. The van der Waals surface area contributed by atoms with Crippen LogP contribution in [0.25, 0.3) is 0 Å². The molecule has 0 fully saturated rings. The number of rotatable bonds is 7. The molecule has 9 heteroatoms. The zero-order chi connectivity index (χ0) is 20.9. The van der Waals surface area contributed by atoms with Crippen molar-refractivity contribution < 1.29 is 13.2 Å². The summed E-state index contributed by atoms with van der Waals surface area (Å²) in [6, 6.07) is 14.0. The Bertz CT molecular complexity index is 1120. The molecule has 0 bridgehead atoms. The molecule has 1 aromatic heterocycles. The van der Waals surface area contributed by atoms with Gasteiger partial charge in [-0.1, -0.05) is 35.3 Å². The number of aromatic nitrogens is 1. The highest BCUT2D eigenvalue weighted by Crippen LogP contribution is 2.26. The van der Waals surface area contributed by atoms with Crippen molar-refractivity contribution in [3.63, 3.8) is 0 Å². The maximum Gasteiger partial charge on any atom is 0.261 e. The molecule has 29 heavy (non-hydrogen) atoms. The van der Waals surface area contributed by atoms with Crippen molar-refractivity contribution in [1.29, 1.82) is 0 Å². The van der Waals surface area contributed by atoms with Gasteiger partial charge in [-0.05, 0) is 54.4 Å². The first-order valence-corrected chi connectivity index (χ1v) is 10.8. The number of nitrogens with zero attached hydrogens (tertiary/aromatic N) is 1. The van der Waals surface area contributed by atoms with E-state index in [4.69, 9.17) is 23.2 Å². The van der Waals surface area contributed by atoms with Gasteiger partial charge in [-0.15, -0.1) is 0 Å². The first kappa shape index (κ1) is 21.1. The second-order valence-corrected chi connectivity index (χ2v) is 8.63. The lowest BCUT2D eigenvalue weighted by Crippen LogP contribution is -2.25. The van der Waals surface area contributed by atoms with E-state index >= 15 is 0 Å². The number of benzene rings is 2. The van der Waals surface area contributed by atoms with E-state index in [1.54, 1.807) is 30.6 Å². The molecule has 150 valence electrons. The Kier molecular flexibility index (Phi) is 6.74. The highest BCUT2D eigenvalue weighted by molar-refractivity contribution is 7.92. The monoisotopic (exact) mass is 449 g/mol. The summed E-state index contributed by atoms with van der Waals surface area (Å²) < 4.78 is 27.6. The molecular weight excluding hydrogens is 433 g/mol. The van der Waals surface area contributed by atoms with Gasteiger partial charge in [-0.3, -0.25) is 14.5 Å². The highest BCUT2D eigenvalue weighted by atomic mass is 35.5. The second kappa shape index (κ2) is 9.26. The van der Waals surface area contributed by atoms with Crippen LogP contribution in [0.1, 0.15) is 15.9 Å². The number of carbonyl (C=O) groups is 1. The molecule has 2 N–H and O–H groups in total. The van der Waals surface area contributed by atoms with Crippen molar-refractivity contribution in [2.45, 2.75) is 11.3 Å². The maximum atomic E-state index is 12.6. The van der Waals surface area contributed by atoms with Crippen molar-refractivity contribution >= 4 is 44.8 Å². The van der Waals surface area contributed by atoms with Gasteiger partial charge in [-0.2, -0.15) is 0 Å². The minimum absolute atomic E-state index is 0.0294. The fourth-order valence-electron chi connectivity index (χ4n) is 2.55. The third kappa shape index (κ3) is 5.69. The van der Waals surface area contributed by atoms with Gasteiger partial charge in [-0.25, -0.2) is 8.42 Å². The average Bonchev–Trinajstić information content (AvgIpc) is 2.70. The maximum absolute atomic E-state index is 12.6. The molecule has 0 spiro atoms. The number of pyridine rings is 1. The predicted octanol–water partition coefficient (Wildman–Crippen LogP) is 4.16. The standard InChI is InChI=1S/C20H17Cl2N3O3S/c21-18-7-6-17(12-19(18)22)29(27,28)25-16-5-1-4-15(11-16)20(26)24-10-8-14-3-2-9-23-13-14/h1-7,9,11-13,25H,8,10H2,(H,24,26). The Morgan fingerprint density at radius 1 is 1.00 bits per heavy atom. The van der Waals surface area contributed by atoms with Crippen LogP contribution in [0.2, 0.25) is 10.0 Å². The Balaban J connectivity index is 1.66. The van der Waals surface area contributed by atoms with Crippen LogP contribution in [0.3, 0.4) is 0 Å². The van der Waals surface area contributed by atoms with Gasteiger partial charge in [0.1, 0.15) is 0 Å². The van der Waals surface area contributed by atoms with Crippen LogP contribution >= 0.6 is 23.2 Å². The van der Waals surface area contributed by atoms with E-state index in [-0.39, 0.29) is 26.5 Å². The molecule has 0 aliphatic heterocycles. The second-order valence-electron chi connectivity index (χ2n) is 6.13. The summed E-state index contributed by atoms with van der Waals surface area (Å²) in [5.74, 6) is -0.301. The summed E-state index contributed by atoms with van der Waals surface area (Å²) in [6.45, 7) is 0.434. The smallest absolute Gasteiger partial charge is 0.261 e. The predicted molar refractivity (Wildman–Crippen MR) is 114 cm³/mol. The van der Waals surface area contributed by atoms with Crippen LogP contribution in [0, 0.1) is 0 Å². The fourth-order valence-corrected chi connectivity index (χ4v) is 3.99. The van der Waals surface area contributed by atoms with Crippen LogP contribution in [-0.2, 0) is 16.4 Å². The number of nitrogens with one attached hydrogen (secondary N) is 2. The van der Waals surface area contributed by atoms with Gasteiger partial charge in [0.15, 0.2) is 0 Å². The first-order chi connectivity index (χ1) is 13.8. The molecule has 6 nitrogen and oxygen atoms in total. The quantitative estimate of drug-likeness (QED) is 0.566. The van der Waals surface area contributed by atoms with Crippen molar-refractivity contribution in [1.82, 2.24) is 10.3 Å². The van der Waals surface area contributed by atoms with Crippen LogP contribution < -0.4 is 10.0 Å². The molecule has 0 atom stereocenters. The zero-order valence-corrected chi connectivity index (χ0v) is 17.4. The number of sulfonamides is 1. The fraction of sp³-hybridized carbons (Fsp3) is 0.100. The largest absolute Gasteiger partial charge is 0.352 e. The van der Waals surface area contributed by atoms with Gasteiger partial charge >= 0.3 is 0 Å². The molecule has 0 saturated heterocycles. The van der Waals surface area contributed by atoms with Crippen LogP contribution in [0.15, 0.2) is 71.9 Å². The molecule has 2 aromatic carbocycles. The molecule has 3 aromatic rings. The Labute approximate surface area is 178 Å². The summed E-state index contributed by atoms with van der Waals surface area (Å²) in [5, 5.41) is 3.20. The topological polar surface area (TPSA) is 88.2 Å². The van der Waals surface area contributed by atoms with E-state index in [1.165, 1.54) is 24.3 Å². The van der Waals surface area contributed by atoms with Gasteiger partial charge in [0.2, 0.25) is 0 Å². The molecule has 0 radical (unpaired) electrons. The van der Waals surface area contributed by atoms with Crippen molar-refractivity contribution in [3.8, 4) is 0 Å². The minimum atomic E-state index is -3.88. The highest BCUT2D eigenvalue weighted by Gasteiger charge is 2.16. The molecule has 0 aliphatic rings. The van der Waals surface area contributed by atoms with Crippen LogP contribution in [0.4, 0.5) is 5.69 Å². The summed E-state index contributed by atoms with van der Waals surface area (Å²) in [4.78, 5) is 16.4. The van der Waals surface area contributed by atoms with E-state index in [0.29, 0.717) is 18.5 Å². The average molecular weight is 450 g/mol. The van der Waals surface area contributed by atoms with E-state index in [1.807, 2.05) is 12.1 Å². The van der Waals surface area contributed by atoms with Crippen LogP contribution in [-0.4, -0.2) is 25.9 Å². The van der Waals surface area contributed by atoms with Gasteiger partial charge in [0.25, 0.3) is 15.9 Å². The van der Waals surface area contributed by atoms with Crippen LogP contribution in [0.5, 0.6) is 0 Å². The summed E-state index contributed by atoms with van der Waals surface area (Å²) in [7, 11) is -3.88. The number of hydrogen-bond acceptors (Lipinski definition) is 4. The number of hydrogen-bond donors (Lipinski definition) is 2. The molecule has 1 heterocycles. The molecule has 1 amide bonds. The number of halogens is 2. The lowest BCUT2D eigenvalue weighted by atomic mass is 10.2. The summed E-state index contributed by atoms with van der Waals surface area (Å²) in [6.07, 6.45) is 4.07. The molecular formula is C20H17Cl2N3O3S. The van der Waals surface area contributed by atoms with Crippen molar-refractivity contribution in [2.75, 3.05) is 11.3 Å². The Morgan fingerprint density at radius 2 is 1.83 bits per heavy atom.